The van der Waals surface area contributed by atoms with Gasteiger partial charge < -0.3 is 10.2 Å². The van der Waals surface area contributed by atoms with Crippen LogP contribution in [0.1, 0.15) is 31.7 Å². The predicted octanol–water partition coefficient (Wildman–Crippen LogP) is 2.18. The van der Waals surface area contributed by atoms with Gasteiger partial charge in [0.2, 0.25) is 5.91 Å². The normalized spacial score (nSPS) is 26.4. The Morgan fingerprint density at radius 1 is 1.26 bits per heavy atom. The number of carbonyl (C=O) groups excluding carboxylic acids is 1. The van der Waals surface area contributed by atoms with Gasteiger partial charge in [-0.15, -0.1) is 0 Å². The van der Waals surface area contributed by atoms with Crippen LogP contribution >= 0.6 is 0 Å². The number of benzene rings is 1. The van der Waals surface area contributed by atoms with E-state index < -0.39 is 0 Å². The van der Waals surface area contributed by atoms with Gasteiger partial charge in [0.15, 0.2) is 0 Å². The molecule has 102 valence electrons. The lowest BCUT2D eigenvalue weighted by Crippen LogP contribution is -2.41. The summed E-state index contributed by atoms with van der Waals surface area (Å²) in [5, 5.41) is 3.38. The van der Waals surface area contributed by atoms with E-state index in [1.807, 2.05) is 18.2 Å². The van der Waals surface area contributed by atoms with Gasteiger partial charge in [0.1, 0.15) is 0 Å². The minimum absolute atomic E-state index is 0.171. The minimum Gasteiger partial charge on any atom is -0.335 e. The Morgan fingerprint density at radius 2 is 2.00 bits per heavy atom. The monoisotopic (exact) mass is 258 g/mol. The molecule has 1 heterocycles. The van der Waals surface area contributed by atoms with Gasteiger partial charge in [-0.3, -0.25) is 4.79 Å². The average Bonchev–Trinajstić information content (AvgIpc) is 3.18. The standard InChI is InChI=1S/C16H22N2O/c1-12-15(9-10-17-12)16(19)18(14-7-8-14)11-13-5-3-2-4-6-13/h2-6,12,14-15,17H,7-11H2,1H3. The molecule has 2 atom stereocenters. The van der Waals surface area contributed by atoms with Crippen LogP contribution in [0.25, 0.3) is 0 Å². The molecule has 3 nitrogen and oxygen atoms in total. The molecule has 2 fully saturated rings. The second-order valence-corrected chi connectivity index (χ2v) is 5.82. The topological polar surface area (TPSA) is 32.3 Å². The lowest BCUT2D eigenvalue weighted by molar-refractivity contribution is -0.137. The van der Waals surface area contributed by atoms with E-state index in [4.69, 9.17) is 0 Å². The lowest BCUT2D eigenvalue weighted by Gasteiger charge is -2.27. The van der Waals surface area contributed by atoms with E-state index in [1.54, 1.807) is 0 Å². The van der Waals surface area contributed by atoms with Crippen molar-refractivity contribution in [2.75, 3.05) is 6.54 Å². The lowest BCUT2D eigenvalue weighted by atomic mass is 10.00. The van der Waals surface area contributed by atoms with Gasteiger partial charge >= 0.3 is 0 Å². The van der Waals surface area contributed by atoms with Gasteiger partial charge in [0.05, 0.1) is 5.92 Å². The second-order valence-electron chi connectivity index (χ2n) is 5.82. The average molecular weight is 258 g/mol. The van der Waals surface area contributed by atoms with E-state index in [-0.39, 0.29) is 5.92 Å². The van der Waals surface area contributed by atoms with Crippen LogP contribution in [0.2, 0.25) is 0 Å². The maximum atomic E-state index is 12.7. The first-order chi connectivity index (χ1) is 9.25. The molecule has 3 heteroatoms. The van der Waals surface area contributed by atoms with Crippen LogP contribution in [-0.4, -0.2) is 29.4 Å². The zero-order valence-corrected chi connectivity index (χ0v) is 11.5. The molecule has 1 aliphatic heterocycles. The quantitative estimate of drug-likeness (QED) is 0.897. The molecule has 1 aromatic rings. The Morgan fingerprint density at radius 3 is 2.58 bits per heavy atom. The minimum atomic E-state index is 0.171. The summed E-state index contributed by atoms with van der Waals surface area (Å²) in [4.78, 5) is 14.8. The summed E-state index contributed by atoms with van der Waals surface area (Å²) in [5.41, 5.74) is 1.24. The van der Waals surface area contributed by atoms with Crippen molar-refractivity contribution in [2.24, 2.45) is 5.92 Å². The summed E-state index contributed by atoms with van der Waals surface area (Å²) in [6.45, 7) is 3.87. The molecule has 0 bridgehead atoms. The molecule has 1 aliphatic carbocycles. The molecular weight excluding hydrogens is 236 g/mol. The van der Waals surface area contributed by atoms with E-state index >= 15 is 0 Å². The molecule has 0 aromatic heterocycles. The summed E-state index contributed by atoms with van der Waals surface area (Å²) in [6.07, 6.45) is 3.33. The van der Waals surface area contributed by atoms with E-state index in [0.29, 0.717) is 18.0 Å². The van der Waals surface area contributed by atoms with Crippen molar-refractivity contribution < 1.29 is 4.79 Å². The molecule has 2 aliphatic rings. The molecule has 0 radical (unpaired) electrons. The van der Waals surface area contributed by atoms with Crippen molar-refractivity contribution in [1.82, 2.24) is 10.2 Å². The van der Waals surface area contributed by atoms with Crippen molar-refractivity contribution in [3.63, 3.8) is 0 Å². The SMILES string of the molecule is CC1NCCC1C(=O)N(Cc1ccccc1)C1CC1. The number of amides is 1. The number of rotatable bonds is 4. The fourth-order valence-electron chi connectivity index (χ4n) is 2.96. The highest BCUT2D eigenvalue weighted by Gasteiger charge is 2.38. The van der Waals surface area contributed by atoms with Crippen LogP contribution in [0, 0.1) is 5.92 Å². The molecule has 1 saturated heterocycles. The third-order valence-corrected chi connectivity index (χ3v) is 4.31. The van der Waals surface area contributed by atoms with E-state index in [0.717, 1.165) is 19.5 Å². The van der Waals surface area contributed by atoms with E-state index in [1.165, 1.54) is 18.4 Å². The largest absolute Gasteiger partial charge is 0.335 e. The Bertz CT molecular complexity index is 441. The molecule has 3 rings (SSSR count). The van der Waals surface area contributed by atoms with Crippen molar-refractivity contribution >= 4 is 5.91 Å². The highest BCUT2D eigenvalue weighted by molar-refractivity contribution is 5.80. The van der Waals surface area contributed by atoms with Gasteiger partial charge in [-0.1, -0.05) is 30.3 Å². The van der Waals surface area contributed by atoms with Crippen LogP contribution in [0.15, 0.2) is 30.3 Å². The van der Waals surface area contributed by atoms with E-state index in [2.05, 4.69) is 29.3 Å². The number of hydrogen-bond acceptors (Lipinski definition) is 2. The van der Waals surface area contributed by atoms with Crippen LogP contribution in [-0.2, 0) is 11.3 Å². The van der Waals surface area contributed by atoms with Gasteiger partial charge in [-0.05, 0) is 38.3 Å². The molecule has 0 spiro atoms. The molecule has 1 amide bonds. The van der Waals surface area contributed by atoms with Crippen molar-refractivity contribution in [3.05, 3.63) is 35.9 Å². The van der Waals surface area contributed by atoms with Crippen molar-refractivity contribution in [2.45, 2.75) is 44.8 Å². The molecule has 1 N–H and O–H groups in total. The molecule has 19 heavy (non-hydrogen) atoms. The van der Waals surface area contributed by atoms with Gasteiger partial charge in [-0.25, -0.2) is 0 Å². The number of nitrogens with zero attached hydrogens (tertiary/aromatic N) is 1. The van der Waals surface area contributed by atoms with Crippen LogP contribution in [0.5, 0.6) is 0 Å². The Kier molecular flexibility index (Phi) is 3.56. The van der Waals surface area contributed by atoms with Gasteiger partial charge in [-0.2, -0.15) is 0 Å². The Hall–Kier alpha value is -1.35. The van der Waals surface area contributed by atoms with Gasteiger partial charge in [0.25, 0.3) is 0 Å². The van der Waals surface area contributed by atoms with Crippen LogP contribution in [0.3, 0.4) is 0 Å². The van der Waals surface area contributed by atoms with Crippen molar-refractivity contribution in [1.29, 1.82) is 0 Å². The predicted molar refractivity (Wildman–Crippen MR) is 75.6 cm³/mol. The first-order valence-corrected chi connectivity index (χ1v) is 7.33. The maximum Gasteiger partial charge on any atom is 0.227 e. The van der Waals surface area contributed by atoms with Gasteiger partial charge in [0, 0.05) is 18.6 Å². The summed E-state index contributed by atoms with van der Waals surface area (Å²) in [6, 6.07) is 11.1. The molecule has 1 aromatic carbocycles. The third kappa shape index (κ3) is 2.81. The third-order valence-electron chi connectivity index (χ3n) is 4.31. The smallest absolute Gasteiger partial charge is 0.227 e. The highest BCUT2D eigenvalue weighted by Crippen LogP contribution is 2.31. The summed E-state index contributed by atoms with van der Waals surface area (Å²) in [5.74, 6) is 0.521. The molecule has 2 unspecified atom stereocenters. The zero-order valence-electron chi connectivity index (χ0n) is 11.5. The van der Waals surface area contributed by atoms with Crippen LogP contribution in [0.4, 0.5) is 0 Å². The summed E-state index contributed by atoms with van der Waals surface area (Å²) in [7, 11) is 0. The summed E-state index contributed by atoms with van der Waals surface area (Å²) < 4.78 is 0. The first kappa shape index (κ1) is 12.7. The molecular formula is C16H22N2O. The number of carbonyl (C=O) groups is 1. The molecule has 1 saturated carbocycles. The van der Waals surface area contributed by atoms with Crippen LogP contribution < -0.4 is 5.32 Å². The fraction of sp³-hybridized carbons (Fsp3) is 0.562. The summed E-state index contributed by atoms with van der Waals surface area (Å²) >= 11 is 0. The second kappa shape index (κ2) is 5.33. The van der Waals surface area contributed by atoms with Crippen molar-refractivity contribution in [3.8, 4) is 0 Å². The fourth-order valence-corrected chi connectivity index (χ4v) is 2.96. The Labute approximate surface area is 115 Å². The number of nitrogens with one attached hydrogen (secondary N) is 1. The number of hydrogen-bond donors (Lipinski definition) is 1. The zero-order chi connectivity index (χ0) is 13.2. The van der Waals surface area contributed by atoms with E-state index in [9.17, 15) is 4.79 Å². The first-order valence-electron chi connectivity index (χ1n) is 7.33. The Balaban J connectivity index is 1.72. The highest BCUT2D eigenvalue weighted by atomic mass is 16.2. The maximum absolute atomic E-state index is 12.7.